The summed E-state index contributed by atoms with van der Waals surface area (Å²) >= 11 is 0.873. The predicted molar refractivity (Wildman–Crippen MR) is 116 cm³/mol. The first-order valence-electron chi connectivity index (χ1n) is 10.2. The zero-order chi connectivity index (χ0) is 23.5. The summed E-state index contributed by atoms with van der Waals surface area (Å²) in [7, 11) is 1.49. The topological polar surface area (TPSA) is 66.2 Å². The lowest BCUT2D eigenvalue weighted by atomic mass is 9.92. The van der Waals surface area contributed by atoms with Gasteiger partial charge >= 0.3 is 6.18 Å². The van der Waals surface area contributed by atoms with Crippen LogP contribution in [0.25, 0.3) is 11.3 Å². The molecule has 0 bridgehead atoms. The van der Waals surface area contributed by atoms with Crippen LogP contribution in [0.1, 0.15) is 31.4 Å². The summed E-state index contributed by atoms with van der Waals surface area (Å²) in [5.74, 6) is 1.06. The number of hydrogen-bond donors (Lipinski definition) is 0. The number of thioether (sulfide) groups is 1. The van der Waals surface area contributed by atoms with Crippen LogP contribution in [0.15, 0.2) is 35.4 Å². The average Bonchev–Trinajstić information content (AvgIpc) is 2.75. The second-order valence-corrected chi connectivity index (χ2v) is 9.07. The van der Waals surface area contributed by atoms with Gasteiger partial charge in [0.1, 0.15) is 16.8 Å². The van der Waals surface area contributed by atoms with Gasteiger partial charge in [-0.3, -0.25) is 4.79 Å². The molecule has 0 saturated carbocycles. The zero-order valence-electron chi connectivity index (χ0n) is 18.1. The molecule has 1 aromatic carbocycles. The van der Waals surface area contributed by atoms with E-state index < -0.39 is 17.3 Å². The maximum atomic E-state index is 13.7. The highest BCUT2D eigenvalue weighted by Gasteiger charge is 2.36. The second-order valence-electron chi connectivity index (χ2n) is 8.11. The Morgan fingerprint density at radius 2 is 1.88 bits per heavy atom. The Kier molecular flexibility index (Phi) is 7.34. The molecule has 0 aliphatic carbocycles. The number of pyridine rings is 1. The predicted octanol–water partition coefficient (Wildman–Crippen LogP) is 5.24. The van der Waals surface area contributed by atoms with Crippen LogP contribution >= 0.6 is 11.8 Å². The molecule has 5 nitrogen and oxygen atoms in total. The minimum absolute atomic E-state index is 0.0779. The lowest BCUT2D eigenvalue weighted by Crippen LogP contribution is -2.43. The standard InChI is InChI=1S/C23H24F3N3O2S/c1-14-8-15(2)12-29(11-14)21(30)13-32-22-18(10-27)19(23(24,25)26)9-20(28-22)16-4-6-17(31-3)7-5-16/h4-7,9,14-15H,8,11-13H2,1-3H3/t14-,15+. The van der Waals surface area contributed by atoms with E-state index in [-0.39, 0.29) is 22.4 Å². The number of benzene rings is 1. The number of nitrogens with zero attached hydrogens (tertiary/aromatic N) is 3. The van der Waals surface area contributed by atoms with Crippen molar-refractivity contribution in [3.8, 4) is 23.1 Å². The minimum atomic E-state index is -4.73. The highest BCUT2D eigenvalue weighted by atomic mass is 32.2. The van der Waals surface area contributed by atoms with Crippen molar-refractivity contribution in [2.24, 2.45) is 11.8 Å². The van der Waals surface area contributed by atoms with Gasteiger partial charge in [-0.15, -0.1) is 0 Å². The number of carbonyl (C=O) groups is 1. The number of aromatic nitrogens is 1. The molecule has 2 aromatic rings. The highest BCUT2D eigenvalue weighted by molar-refractivity contribution is 8.00. The first-order valence-corrected chi connectivity index (χ1v) is 11.2. The van der Waals surface area contributed by atoms with E-state index in [1.54, 1.807) is 35.2 Å². The number of carbonyl (C=O) groups excluding carboxylic acids is 1. The number of methoxy groups -OCH3 is 1. The van der Waals surface area contributed by atoms with E-state index in [1.165, 1.54) is 7.11 Å². The van der Waals surface area contributed by atoms with Crippen molar-refractivity contribution >= 4 is 17.7 Å². The van der Waals surface area contributed by atoms with Gasteiger partial charge < -0.3 is 9.64 Å². The average molecular weight is 464 g/mol. The van der Waals surface area contributed by atoms with Gasteiger partial charge in [0.15, 0.2) is 0 Å². The summed E-state index contributed by atoms with van der Waals surface area (Å²) in [4.78, 5) is 18.8. The van der Waals surface area contributed by atoms with Crippen molar-refractivity contribution in [2.75, 3.05) is 26.0 Å². The molecule has 2 heterocycles. The molecule has 1 fully saturated rings. The lowest BCUT2D eigenvalue weighted by molar-refractivity contribution is -0.138. The fourth-order valence-corrected chi connectivity index (χ4v) is 4.86. The van der Waals surface area contributed by atoms with Crippen LogP contribution in [0.2, 0.25) is 0 Å². The Labute approximate surface area is 189 Å². The summed E-state index contributed by atoms with van der Waals surface area (Å²) in [5.41, 5.74) is -1.09. The van der Waals surface area contributed by atoms with Gasteiger partial charge in [0, 0.05) is 18.7 Å². The number of halogens is 3. The largest absolute Gasteiger partial charge is 0.497 e. The molecule has 1 saturated heterocycles. The summed E-state index contributed by atoms with van der Waals surface area (Å²) in [6.07, 6.45) is -3.69. The van der Waals surface area contributed by atoms with E-state index >= 15 is 0 Å². The summed E-state index contributed by atoms with van der Waals surface area (Å²) in [6, 6.07) is 8.96. The fourth-order valence-electron chi connectivity index (χ4n) is 3.96. The Morgan fingerprint density at radius 3 is 2.41 bits per heavy atom. The van der Waals surface area contributed by atoms with Gasteiger partial charge in [-0.05, 0) is 48.6 Å². The molecule has 0 spiro atoms. The van der Waals surface area contributed by atoms with Crippen molar-refractivity contribution in [1.29, 1.82) is 5.26 Å². The van der Waals surface area contributed by atoms with Gasteiger partial charge in [0.25, 0.3) is 0 Å². The van der Waals surface area contributed by atoms with Gasteiger partial charge in [-0.2, -0.15) is 18.4 Å². The second kappa shape index (κ2) is 9.82. The van der Waals surface area contributed by atoms with Gasteiger partial charge in [0.05, 0.1) is 29.7 Å². The molecule has 1 aliphatic rings. The van der Waals surface area contributed by atoms with Crippen LogP contribution < -0.4 is 4.74 Å². The van der Waals surface area contributed by atoms with Crippen molar-refractivity contribution in [1.82, 2.24) is 9.88 Å². The van der Waals surface area contributed by atoms with Crippen LogP contribution in [0, 0.1) is 23.2 Å². The maximum Gasteiger partial charge on any atom is 0.417 e. The van der Waals surface area contributed by atoms with E-state index in [9.17, 15) is 23.2 Å². The molecule has 1 aromatic heterocycles. The molecule has 1 amide bonds. The Hall–Kier alpha value is -2.73. The molecule has 9 heteroatoms. The number of amides is 1. The fraction of sp³-hybridized carbons (Fsp3) is 0.435. The molecular formula is C23H24F3N3O2S. The lowest BCUT2D eigenvalue weighted by Gasteiger charge is -2.35. The highest BCUT2D eigenvalue weighted by Crippen LogP contribution is 2.38. The first kappa shape index (κ1) is 23.9. The zero-order valence-corrected chi connectivity index (χ0v) is 18.9. The third-order valence-electron chi connectivity index (χ3n) is 5.34. The number of piperidine rings is 1. The summed E-state index contributed by atoms with van der Waals surface area (Å²) in [5, 5.41) is 9.36. The number of ether oxygens (including phenoxy) is 1. The number of hydrogen-bond acceptors (Lipinski definition) is 5. The summed E-state index contributed by atoms with van der Waals surface area (Å²) in [6.45, 7) is 5.41. The number of alkyl halides is 3. The third-order valence-corrected chi connectivity index (χ3v) is 6.30. The van der Waals surface area contributed by atoms with Crippen LogP contribution in [0.5, 0.6) is 5.75 Å². The van der Waals surface area contributed by atoms with Crippen LogP contribution in [-0.4, -0.2) is 41.7 Å². The first-order chi connectivity index (χ1) is 15.1. The smallest absolute Gasteiger partial charge is 0.417 e. The van der Waals surface area contributed by atoms with Crippen LogP contribution in [-0.2, 0) is 11.0 Å². The van der Waals surface area contributed by atoms with Crippen molar-refractivity contribution in [2.45, 2.75) is 31.5 Å². The van der Waals surface area contributed by atoms with E-state index in [2.05, 4.69) is 18.8 Å². The van der Waals surface area contributed by atoms with E-state index in [0.29, 0.717) is 36.2 Å². The molecule has 0 radical (unpaired) electrons. The van der Waals surface area contributed by atoms with Crippen molar-refractivity contribution < 1.29 is 22.7 Å². The molecule has 0 N–H and O–H groups in total. The van der Waals surface area contributed by atoms with E-state index in [0.717, 1.165) is 24.2 Å². The Morgan fingerprint density at radius 1 is 1.25 bits per heavy atom. The quantitative estimate of drug-likeness (QED) is 0.567. The Balaban J connectivity index is 1.92. The Bertz CT molecular complexity index is 1010. The van der Waals surface area contributed by atoms with Gasteiger partial charge in [0.2, 0.25) is 5.91 Å². The molecular weight excluding hydrogens is 439 g/mol. The van der Waals surface area contributed by atoms with Gasteiger partial charge in [-0.1, -0.05) is 25.6 Å². The summed E-state index contributed by atoms with van der Waals surface area (Å²) < 4.78 is 46.3. The van der Waals surface area contributed by atoms with Crippen molar-refractivity contribution in [3.63, 3.8) is 0 Å². The number of rotatable bonds is 5. The number of nitriles is 1. The van der Waals surface area contributed by atoms with Crippen LogP contribution in [0.4, 0.5) is 13.2 Å². The molecule has 32 heavy (non-hydrogen) atoms. The molecule has 1 aliphatic heterocycles. The normalized spacial score (nSPS) is 18.8. The van der Waals surface area contributed by atoms with E-state index in [1.807, 2.05) is 0 Å². The molecule has 3 rings (SSSR count). The molecule has 0 unspecified atom stereocenters. The SMILES string of the molecule is COc1ccc(-c2cc(C(F)(F)F)c(C#N)c(SCC(=O)N3C[C@H](C)C[C@H](C)C3)n2)cc1. The van der Waals surface area contributed by atoms with Crippen molar-refractivity contribution in [3.05, 3.63) is 41.5 Å². The molecule has 2 atom stereocenters. The monoisotopic (exact) mass is 463 g/mol. The number of likely N-dealkylation sites (tertiary alicyclic amines) is 1. The maximum absolute atomic E-state index is 13.7. The van der Waals surface area contributed by atoms with E-state index in [4.69, 9.17) is 4.74 Å². The van der Waals surface area contributed by atoms with Gasteiger partial charge in [-0.25, -0.2) is 4.98 Å². The minimum Gasteiger partial charge on any atom is -0.497 e. The molecule has 170 valence electrons. The van der Waals surface area contributed by atoms with Crippen LogP contribution in [0.3, 0.4) is 0 Å². The third kappa shape index (κ3) is 5.54.